The monoisotopic (exact) mass is 371 g/mol. The molecule has 0 bridgehead atoms. The van der Waals surface area contributed by atoms with Crippen LogP contribution in [-0.4, -0.2) is 13.1 Å². The molecule has 0 aliphatic carbocycles. The quantitative estimate of drug-likeness (QED) is 0.565. The minimum atomic E-state index is -0.359. The van der Waals surface area contributed by atoms with E-state index < -0.39 is 0 Å². The molecule has 0 heterocycles. The molecule has 0 unspecified atom stereocenters. The molecule has 0 N–H and O–H groups in total. The summed E-state index contributed by atoms with van der Waals surface area (Å²) in [6.45, 7) is 0.381. The predicted octanol–water partition coefficient (Wildman–Crippen LogP) is 4.71. The van der Waals surface area contributed by atoms with Gasteiger partial charge in [0.1, 0.15) is 12.4 Å². The molecule has 4 nitrogen and oxygen atoms in total. The van der Waals surface area contributed by atoms with E-state index in [9.17, 15) is 10.1 Å². The van der Waals surface area contributed by atoms with Crippen LogP contribution in [0.25, 0.3) is 0 Å². The molecule has 0 spiro atoms. The topological polar surface area (TPSA) is 59.3 Å². The molecule has 0 amide bonds. The van der Waals surface area contributed by atoms with Crippen molar-refractivity contribution in [3.8, 4) is 11.8 Å². The highest BCUT2D eigenvalue weighted by atomic mass is 16.5. The van der Waals surface area contributed by atoms with Gasteiger partial charge in [-0.1, -0.05) is 42.5 Å². The third-order valence-corrected chi connectivity index (χ3v) is 4.48. The van der Waals surface area contributed by atoms with E-state index in [1.165, 1.54) is 12.7 Å². The number of hydrogen-bond donors (Lipinski definition) is 0. The molecule has 3 aromatic rings. The van der Waals surface area contributed by atoms with E-state index in [1.54, 1.807) is 18.2 Å². The average molecular weight is 371 g/mol. The Morgan fingerprint density at radius 1 is 0.929 bits per heavy atom. The Morgan fingerprint density at radius 3 is 2.36 bits per heavy atom. The van der Waals surface area contributed by atoms with Crippen LogP contribution in [0.5, 0.6) is 5.75 Å². The summed E-state index contributed by atoms with van der Waals surface area (Å²) in [6.07, 6.45) is 1.66. The largest absolute Gasteiger partial charge is 0.489 e. The Balaban J connectivity index is 1.70. The Kier molecular flexibility index (Phi) is 6.43. The van der Waals surface area contributed by atoms with Crippen molar-refractivity contribution in [3.05, 3.63) is 101 Å². The van der Waals surface area contributed by atoms with Crippen LogP contribution < -0.4 is 4.74 Å². The van der Waals surface area contributed by atoms with E-state index >= 15 is 0 Å². The van der Waals surface area contributed by atoms with Crippen LogP contribution in [0.4, 0.5) is 0 Å². The van der Waals surface area contributed by atoms with E-state index in [0.717, 1.165) is 29.7 Å². The molecule has 3 rings (SSSR count). The van der Waals surface area contributed by atoms with E-state index in [2.05, 4.69) is 18.2 Å². The molecule has 28 heavy (non-hydrogen) atoms. The van der Waals surface area contributed by atoms with E-state index in [1.807, 2.05) is 42.5 Å². The van der Waals surface area contributed by atoms with Crippen molar-refractivity contribution >= 4 is 5.97 Å². The lowest BCUT2D eigenvalue weighted by atomic mass is 10.0. The zero-order valence-electron chi connectivity index (χ0n) is 15.7. The highest BCUT2D eigenvalue weighted by Gasteiger charge is 2.08. The first-order valence-electron chi connectivity index (χ1n) is 9.06. The van der Waals surface area contributed by atoms with Crippen LogP contribution in [0, 0.1) is 11.3 Å². The number of ether oxygens (including phenoxy) is 2. The summed E-state index contributed by atoms with van der Waals surface area (Å²) >= 11 is 0. The van der Waals surface area contributed by atoms with Gasteiger partial charge in [0.05, 0.1) is 24.3 Å². The molecule has 0 saturated heterocycles. The van der Waals surface area contributed by atoms with Crippen molar-refractivity contribution in [2.75, 3.05) is 7.11 Å². The number of benzene rings is 3. The maximum Gasteiger partial charge on any atom is 0.337 e. The van der Waals surface area contributed by atoms with Crippen LogP contribution in [0.15, 0.2) is 72.8 Å². The number of nitrogens with zero attached hydrogens (tertiary/aromatic N) is 1. The minimum absolute atomic E-state index is 0.359. The Bertz CT molecular complexity index is 973. The Labute approximate surface area is 165 Å². The second-order valence-corrected chi connectivity index (χ2v) is 6.40. The lowest BCUT2D eigenvalue weighted by molar-refractivity contribution is 0.0600. The second-order valence-electron chi connectivity index (χ2n) is 6.40. The molecule has 0 radical (unpaired) electrons. The molecule has 0 saturated carbocycles. The van der Waals surface area contributed by atoms with Crippen molar-refractivity contribution in [1.82, 2.24) is 0 Å². The van der Waals surface area contributed by atoms with Gasteiger partial charge in [-0.15, -0.1) is 0 Å². The van der Waals surface area contributed by atoms with Crippen molar-refractivity contribution in [1.29, 1.82) is 5.26 Å². The van der Waals surface area contributed by atoms with Crippen molar-refractivity contribution in [2.24, 2.45) is 0 Å². The number of rotatable bonds is 7. The normalized spacial score (nSPS) is 10.1. The van der Waals surface area contributed by atoms with Crippen molar-refractivity contribution < 1.29 is 14.3 Å². The van der Waals surface area contributed by atoms with Gasteiger partial charge in [-0.05, 0) is 59.9 Å². The second kappa shape index (κ2) is 9.38. The minimum Gasteiger partial charge on any atom is -0.489 e. The summed E-state index contributed by atoms with van der Waals surface area (Å²) in [5.41, 5.74) is 4.33. The number of esters is 1. The summed E-state index contributed by atoms with van der Waals surface area (Å²) in [7, 11) is 1.36. The number of carbonyl (C=O) groups is 1. The first-order valence-corrected chi connectivity index (χ1v) is 9.06. The number of hydrogen-bond acceptors (Lipinski definition) is 4. The molecular formula is C24H21NO3. The van der Waals surface area contributed by atoms with Gasteiger partial charge in [0, 0.05) is 0 Å². The van der Waals surface area contributed by atoms with Crippen molar-refractivity contribution in [2.45, 2.75) is 19.4 Å². The van der Waals surface area contributed by atoms with Gasteiger partial charge in [0.2, 0.25) is 0 Å². The van der Waals surface area contributed by atoms with Gasteiger partial charge in [-0.3, -0.25) is 0 Å². The fraction of sp³-hybridized carbons (Fsp3) is 0.167. The molecular weight excluding hydrogens is 350 g/mol. The third-order valence-electron chi connectivity index (χ3n) is 4.48. The molecule has 0 atom stereocenters. The summed E-state index contributed by atoms with van der Waals surface area (Å²) in [5, 5.41) is 9.21. The van der Waals surface area contributed by atoms with Gasteiger partial charge < -0.3 is 9.47 Å². The fourth-order valence-corrected chi connectivity index (χ4v) is 2.92. The van der Waals surface area contributed by atoms with E-state index in [0.29, 0.717) is 17.7 Å². The fourth-order valence-electron chi connectivity index (χ4n) is 2.92. The zero-order chi connectivity index (χ0) is 19.8. The number of carbonyl (C=O) groups excluding carboxylic acids is 1. The molecule has 0 aromatic heterocycles. The van der Waals surface area contributed by atoms with E-state index in [-0.39, 0.29) is 5.97 Å². The lowest BCUT2D eigenvalue weighted by Crippen LogP contribution is -2.03. The standard InChI is InChI=1S/C24H21NO3/c1-27-24(26)21-11-8-19(9-12-21)17-28-23-14-10-20(16-25)15-22(23)13-7-18-5-3-2-4-6-18/h2-6,8-12,14-15H,7,13,17H2,1H3. The number of aryl methyl sites for hydroxylation is 2. The molecule has 0 aliphatic rings. The van der Waals surface area contributed by atoms with E-state index in [4.69, 9.17) is 9.47 Å². The maximum atomic E-state index is 11.5. The molecule has 0 fully saturated rings. The Morgan fingerprint density at radius 2 is 1.68 bits per heavy atom. The molecule has 0 aliphatic heterocycles. The maximum absolute atomic E-state index is 11.5. The molecule has 4 heteroatoms. The average Bonchev–Trinajstić information content (AvgIpc) is 2.77. The Hall–Kier alpha value is -3.58. The number of methoxy groups -OCH3 is 1. The van der Waals surface area contributed by atoms with Crippen LogP contribution in [-0.2, 0) is 24.2 Å². The van der Waals surface area contributed by atoms with Crippen LogP contribution in [0.1, 0.15) is 32.6 Å². The molecule has 3 aromatic carbocycles. The summed E-state index contributed by atoms with van der Waals surface area (Å²) in [4.78, 5) is 11.5. The van der Waals surface area contributed by atoms with Crippen LogP contribution in [0.2, 0.25) is 0 Å². The summed E-state index contributed by atoms with van der Waals surface area (Å²) < 4.78 is 10.7. The first kappa shape index (κ1) is 19.2. The van der Waals surface area contributed by atoms with Crippen LogP contribution in [0.3, 0.4) is 0 Å². The van der Waals surface area contributed by atoms with Gasteiger partial charge in [0.15, 0.2) is 0 Å². The van der Waals surface area contributed by atoms with Gasteiger partial charge in [-0.25, -0.2) is 4.79 Å². The van der Waals surface area contributed by atoms with Gasteiger partial charge in [-0.2, -0.15) is 5.26 Å². The summed E-state index contributed by atoms with van der Waals surface area (Å²) in [6, 6.07) is 25.1. The molecule has 140 valence electrons. The van der Waals surface area contributed by atoms with Gasteiger partial charge >= 0.3 is 5.97 Å². The zero-order valence-corrected chi connectivity index (χ0v) is 15.7. The van der Waals surface area contributed by atoms with Gasteiger partial charge in [0.25, 0.3) is 0 Å². The third kappa shape index (κ3) is 4.99. The van der Waals surface area contributed by atoms with Crippen LogP contribution >= 0.6 is 0 Å². The SMILES string of the molecule is COC(=O)c1ccc(COc2ccc(C#N)cc2CCc2ccccc2)cc1. The predicted molar refractivity (Wildman–Crippen MR) is 107 cm³/mol. The summed E-state index contributed by atoms with van der Waals surface area (Å²) in [5.74, 6) is 0.412. The highest BCUT2D eigenvalue weighted by Crippen LogP contribution is 2.23. The lowest BCUT2D eigenvalue weighted by Gasteiger charge is -2.12. The smallest absolute Gasteiger partial charge is 0.337 e. The first-order chi connectivity index (χ1) is 13.7. The number of nitriles is 1. The van der Waals surface area contributed by atoms with Crippen molar-refractivity contribution in [3.63, 3.8) is 0 Å². The highest BCUT2D eigenvalue weighted by molar-refractivity contribution is 5.89.